The molecule has 0 radical (unpaired) electrons. The number of H-pyrrole nitrogens is 1. The van der Waals surface area contributed by atoms with Gasteiger partial charge in [-0.2, -0.15) is 0 Å². The van der Waals surface area contributed by atoms with Gasteiger partial charge in [-0.1, -0.05) is 6.92 Å². The fourth-order valence-corrected chi connectivity index (χ4v) is 2.77. The van der Waals surface area contributed by atoms with E-state index in [0.717, 1.165) is 0 Å². The van der Waals surface area contributed by atoms with Gasteiger partial charge in [0.25, 0.3) is 0 Å². The first-order chi connectivity index (χ1) is 10.8. The van der Waals surface area contributed by atoms with Crippen LogP contribution in [0.25, 0.3) is 0 Å². The van der Waals surface area contributed by atoms with E-state index in [9.17, 15) is 19.2 Å². The number of aryl methyl sites for hydroxylation is 1. The second-order valence-electron chi connectivity index (χ2n) is 5.36. The third kappa shape index (κ3) is 2.79. The van der Waals surface area contributed by atoms with Gasteiger partial charge < -0.3 is 10.3 Å². The summed E-state index contributed by atoms with van der Waals surface area (Å²) in [5.41, 5.74) is 0.967. The predicted octanol–water partition coefficient (Wildman–Crippen LogP) is 1.46. The van der Waals surface area contributed by atoms with E-state index in [1.807, 2.05) is 6.92 Å². The molecule has 0 aliphatic heterocycles. The highest BCUT2D eigenvalue weighted by Gasteiger charge is 2.35. The van der Waals surface area contributed by atoms with E-state index in [2.05, 4.69) is 10.3 Å². The van der Waals surface area contributed by atoms with Crippen LogP contribution >= 0.6 is 0 Å². The van der Waals surface area contributed by atoms with Gasteiger partial charge in [-0.05, 0) is 37.5 Å². The number of likely N-dealkylation sites (N-methyl/N-ethyl adjacent to an activating group) is 1. The maximum Gasteiger partial charge on any atom is 0.248 e. The third-order valence-electron chi connectivity index (χ3n) is 3.73. The number of allylic oxidation sites excluding steroid dienone is 4. The molecule has 1 aliphatic rings. The number of ketones is 3. The van der Waals surface area contributed by atoms with Crippen LogP contribution in [0, 0.1) is 6.92 Å². The number of carbonyl (C=O) groups is 3. The molecule has 1 aliphatic carbocycles. The van der Waals surface area contributed by atoms with Gasteiger partial charge in [0.1, 0.15) is 5.69 Å². The van der Waals surface area contributed by atoms with Crippen molar-refractivity contribution < 1.29 is 14.4 Å². The molecule has 2 N–H and O–H groups in total. The molecule has 120 valence electrons. The molecule has 1 aromatic heterocycles. The van der Waals surface area contributed by atoms with E-state index in [1.165, 1.54) is 26.1 Å². The van der Waals surface area contributed by atoms with E-state index in [-0.39, 0.29) is 34.1 Å². The standard InChI is InChI=1S/C17H18N2O4/c1-5-10(7-9(3)20)13-14(18-4)17(23)15-12(16(13)22)8(2)6-11(21)19-15/h6-7,18H,5H2,1-4H3,(H,19,21)/b10-7-. The van der Waals surface area contributed by atoms with E-state index >= 15 is 0 Å². The summed E-state index contributed by atoms with van der Waals surface area (Å²) >= 11 is 0. The van der Waals surface area contributed by atoms with Gasteiger partial charge in [-0.3, -0.25) is 19.2 Å². The molecule has 1 aromatic rings. The van der Waals surface area contributed by atoms with Crippen molar-refractivity contribution in [3.05, 3.63) is 56.2 Å². The fraction of sp³-hybridized carbons (Fsp3) is 0.294. The number of fused-ring (bicyclic) bond motifs is 1. The van der Waals surface area contributed by atoms with Crippen molar-refractivity contribution >= 4 is 17.3 Å². The number of aromatic amines is 1. The Labute approximate surface area is 133 Å². The minimum absolute atomic E-state index is 0.00798. The Bertz CT molecular complexity index is 841. The van der Waals surface area contributed by atoms with E-state index < -0.39 is 11.3 Å². The largest absolute Gasteiger partial charge is 0.384 e. The first-order valence-corrected chi connectivity index (χ1v) is 7.28. The van der Waals surface area contributed by atoms with Crippen molar-refractivity contribution in [3.63, 3.8) is 0 Å². The van der Waals surface area contributed by atoms with E-state index in [4.69, 9.17) is 0 Å². The average Bonchev–Trinajstić information content (AvgIpc) is 2.47. The van der Waals surface area contributed by atoms with Gasteiger partial charge in [-0.15, -0.1) is 0 Å². The lowest BCUT2D eigenvalue weighted by Gasteiger charge is -2.23. The van der Waals surface area contributed by atoms with Crippen LogP contribution in [0.3, 0.4) is 0 Å². The highest BCUT2D eigenvalue weighted by Crippen LogP contribution is 2.30. The zero-order valence-corrected chi connectivity index (χ0v) is 13.5. The lowest BCUT2D eigenvalue weighted by molar-refractivity contribution is -0.112. The summed E-state index contributed by atoms with van der Waals surface area (Å²) in [5, 5.41) is 2.74. The zero-order valence-electron chi connectivity index (χ0n) is 13.5. The van der Waals surface area contributed by atoms with Crippen LogP contribution in [0.15, 0.2) is 33.8 Å². The molecule has 6 nitrogen and oxygen atoms in total. The number of hydrogen-bond acceptors (Lipinski definition) is 5. The quantitative estimate of drug-likeness (QED) is 0.820. The maximum absolute atomic E-state index is 12.9. The predicted molar refractivity (Wildman–Crippen MR) is 85.6 cm³/mol. The second kappa shape index (κ2) is 6.16. The van der Waals surface area contributed by atoms with Gasteiger partial charge >= 0.3 is 0 Å². The minimum Gasteiger partial charge on any atom is -0.384 e. The number of nitrogens with one attached hydrogen (secondary N) is 2. The molecule has 0 unspecified atom stereocenters. The molecule has 0 bridgehead atoms. The summed E-state index contributed by atoms with van der Waals surface area (Å²) in [6, 6.07) is 1.28. The Morgan fingerprint density at radius 2 is 1.91 bits per heavy atom. The lowest BCUT2D eigenvalue weighted by atomic mass is 9.83. The third-order valence-corrected chi connectivity index (χ3v) is 3.73. The zero-order chi connectivity index (χ0) is 17.3. The monoisotopic (exact) mass is 314 g/mol. The molecular formula is C17H18N2O4. The van der Waals surface area contributed by atoms with Crippen molar-refractivity contribution in [1.82, 2.24) is 10.3 Å². The number of Topliss-reactive ketones (excluding diaryl/α,β-unsaturated/α-hetero) is 2. The maximum atomic E-state index is 12.9. The summed E-state index contributed by atoms with van der Waals surface area (Å²) in [6.45, 7) is 4.81. The normalized spacial score (nSPS) is 14.9. The Morgan fingerprint density at radius 3 is 2.43 bits per heavy atom. The summed E-state index contributed by atoms with van der Waals surface area (Å²) < 4.78 is 0. The molecular weight excluding hydrogens is 296 g/mol. The van der Waals surface area contributed by atoms with Crippen molar-refractivity contribution in [2.45, 2.75) is 27.2 Å². The number of hydrogen-bond donors (Lipinski definition) is 2. The molecule has 0 atom stereocenters. The number of rotatable bonds is 4. The van der Waals surface area contributed by atoms with E-state index in [0.29, 0.717) is 17.6 Å². The molecule has 6 heteroatoms. The van der Waals surface area contributed by atoms with Crippen LogP contribution < -0.4 is 10.9 Å². The molecule has 0 aromatic carbocycles. The first-order valence-electron chi connectivity index (χ1n) is 7.28. The van der Waals surface area contributed by atoms with Crippen molar-refractivity contribution in [1.29, 1.82) is 0 Å². The van der Waals surface area contributed by atoms with Gasteiger partial charge in [0.2, 0.25) is 11.3 Å². The number of aromatic nitrogens is 1. The van der Waals surface area contributed by atoms with Crippen LogP contribution in [0.2, 0.25) is 0 Å². The van der Waals surface area contributed by atoms with E-state index in [1.54, 1.807) is 6.92 Å². The summed E-state index contributed by atoms with van der Waals surface area (Å²) in [6.07, 6.45) is 1.79. The smallest absolute Gasteiger partial charge is 0.248 e. The number of carbonyl (C=O) groups excluding carboxylic acids is 3. The Kier molecular flexibility index (Phi) is 4.45. The topological polar surface area (TPSA) is 96.1 Å². The summed E-state index contributed by atoms with van der Waals surface area (Å²) in [7, 11) is 1.53. The molecule has 23 heavy (non-hydrogen) atoms. The lowest BCUT2D eigenvalue weighted by Crippen LogP contribution is -2.33. The molecule has 0 amide bonds. The van der Waals surface area contributed by atoms with Crippen molar-refractivity contribution in [2.24, 2.45) is 0 Å². The Hall–Kier alpha value is -2.76. The minimum atomic E-state index is -0.458. The second-order valence-corrected chi connectivity index (χ2v) is 5.36. The van der Waals surface area contributed by atoms with Crippen molar-refractivity contribution in [2.75, 3.05) is 7.05 Å². The Balaban J connectivity index is 2.81. The fourth-order valence-electron chi connectivity index (χ4n) is 2.77. The van der Waals surface area contributed by atoms with Crippen molar-refractivity contribution in [3.8, 4) is 0 Å². The van der Waals surface area contributed by atoms with Gasteiger partial charge in [0.15, 0.2) is 11.6 Å². The SMILES string of the molecule is CC/C(=C/C(C)=O)C1=C(NC)C(=O)c2[nH]c(=O)cc(C)c2C1=O. The molecule has 2 rings (SSSR count). The summed E-state index contributed by atoms with van der Waals surface area (Å²) in [5.74, 6) is -1.03. The molecule has 0 fully saturated rings. The van der Waals surface area contributed by atoms with Gasteiger partial charge in [0.05, 0.1) is 16.8 Å². The van der Waals surface area contributed by atoms with Crippen LogP contribution in [0.4, 0.5) is 0 Å². The molecule has 0 saturated heterocycles. The van der Waals surface area contributed by atoms with Crippen LogP contribution in [0.5, 0.6) is 0 Å². The average molecular weight is 314 g/mol. The Morgan fingerprint density at radius 1 is 1.26 bits per heavy atom. The van der Waals surface area contributed by atoms with Gasteiger partial charge in [0, 0.05) is 13.1 Å². The van der Waals surface area contributed by atoms with Crippen LogP contribution in [0.1, 0.15) is 46.7 Å². The first kappa shape index (κ1) is 16.6. The molecule has 0 spiro atoms. The van der Waals surface area contributed by atoms with Crippen LogP contribution in [-0.2, 0) is 4.79 Å². The van der Waals surface area contributed by atoms with Gasteiger partial charge in [-0.25, -0.2) is 0 Å². The molecule has 0 saturated carbocycles. The number of pyridine rings is 1. The highest BCUT2D eigenvalue weighted by molar-refractivity contribution is 6.28. The molecule has 1 heterocycles. The van der Waals surface area contributed by atoms with Crippen LogP contribution in [-0.4, -0.2) is 29.4 Å². The highest BCUT2D eigenvalue weighted by atomic mass is 16.1. The summed E-state index contributed by atoms with van der Waals surface area (Å²) in [4.78, 5) is 51.1.